The van der Waals surface area contributed by atoms with E-state index in [2.05, 4.69) is 10.6 Å². The van der Waals surface area contributed by atoms with E-state index in [-0.39, 0.29) is 18.4 Å². The number of hydrogen-bond donors (Lipinski definition) is 2. The van der Waals surface area contributed by atoms with Crippen molar-refractivity contribution in [2.24, 2.45) is 0 Å². The summed E-state index contributed by atoms with van der Waals surface area (Å²) < 4.78 is 11.1. The second kappa shape index (κ2) is 9.28. The Morgan fingerprint density at radius 2 is 1.59 bits per heavy atom. The van der Waals surface area contributed by atoms with E-state index in [4.69, 9.17) is 21.1 Å². The predicted octanol–water partition coefficient (Wildman–Crippen LogP) is 3.65. The van der Waals surface area contributed by atoms with Crippen LogP contribution in [0.3, 0.4) is 0 Å². The van der Waals surface area contributed by atoms with Crippen LogP contribution in [0.1, 0.15) is 20.8 Å². The molecule has 0 heterocycles. The Morgan fingerprint density at radius 1 is 1.00 bits per heavy atom. The van der Waals surface area contributed by atoms with Crippen molar-refractivity contribution in [1.29, 1.82) is 0 Å². The summed E-state index contributed by atoms with van der Waals surface area (Å²) in [6, 6.07) is 13.6. The van der Waals surface area contributed by atoms with Crippen LogP contribution in [0.4, 0.5) is 5.69 Å². The van der Waals surface area contributed by atoms with Gasteiger partial charge in [-0.2, -0.15) is 0 Å². The van der Waals surface area contributed by atoms with E-state index in [0.717, 1.165) is 0 Å². The topological polar surface area (TPSA) is 76.7 Å². The molecule has 0 saturated heterocycles. The van der Waals surface area contributed by atoms with Gasteiger partial charge in [0.25, 0.3) is 11.8 Å². The number of benzene rings is 2. The Morgan fingerprint density at radius 3 is 2.19 bits per heavy atom. The minimum Gasteiger partial charge on any atom is -0.484 e. The standard InChI is InChI=1S/C20H23ClN2O4/c1-4-22-18(24)13-26-16-11-7-15(8-12-16)23-19(25)20(2,3)27-17-9-5-14(21)6-10-17/h5-12H,4,13H2,1-3H3,(H,22,24)(H,23,25). The number of halogens is 1. The second-order valence-electron chi connectivity index (χ2n) is 6.29. The highest BCUT2D eigenvalue weighted by Gasteiger charge is 2.30. The zero-order valence-electron chi connectivity index (χ0n) is 15.5. The first-order valence-electron chi connectivity index (χ1n) is 8.56. The van der Waals surface area contributed by atoms with Gasteiger partial charge in [0.1, 0.15) is 11.5 Å². The molecule has 0 aromatic heterocycles. The molecule has 2 aromatic rings. The molecule has 0 aliphatic rings. The SMILES string of the molecule is CCNC(=O)COc1ccc(NC(=O)C(C)(C)Oc2ccc(Cl)cc2)cc1. The lowest BCUT2D eigenvalue weighted by Crippen LogP contribution is -2.42. The molecule has 6 nitrogen and oxygen atoms in total. The van der Waals surface area contributed by atoms with E-state index in [1.807, 2.05) is 6.92 Å². The first kappa shape index (κ1) is 20.6. The molecule has 2 aromatic carbocycles. The summed E-state index contributed by atoms with van der Waals surface area (Å²) in [5.74, 6) is 0.606. The van der Waals surface area contributed by atoms with Gasteiger partial charge in [0.15, 0.2) is 12.2 Å². The van der Waals surface area contributed by atoms with Crippen LogP contribution in [0.15, 0.2) is 48.5 Å². The van der Waals surface area contributed by atoms with Gasteiger partial charge in [-0.05, 0) is 69.3 Å². The van der Waals surface area contributed by atoms with Crippen molar-refractivity contribution in [3.63, 3.8) is 0 Å². The fraction of sp³-hybridized carbons (Fsp3) is 0.300. The van der Waals surface area contributed by atoms with Crippen molar-refractivity contribution in [1.82, 2.24) is 5.32 Å². The van der Waals surface area contributed by atoms with Crippen molar-refractivity contribution in [3.8, 4) is 11.5 Å². The van der Waals surface area contributed by atoms with Gasteiger partial charge in [-0.3, -0.25) is 9.59 Å². The van der Waals surface area contributed by atoms with E-state index in [9.17, 15) is 9.59 Å². The second-order valence-corrected chi connectivity index (χ2v) is 6.72. The summed E-state index contributed by atoms with van der Waals surface area (Å²) in [5.41, 5.74) is -0.487. The van der Waals surface area contributed by atoms with Crippen LogP contribution in [-0.2, 0) is 9.59 Å². The average molecular weight is 391 g/mol. The molecule has 0 unspecified atom stereocenters. The summed E-state index contributed by atoms with van der Waals surface area (Å²) in [7, 11) is 0. The highest BCUT2D eigenvalue weighted by atomic mass is 35.5. The van der Waals surface area contributed by atoms with Crippen molar-refractivity contribution in [2.45, 2.75) is 26.4 Å². The van der Waals surface area contributed by atoms with Gasteiger partial charge in [-0.1, -0.05) is 11.6 Å². The molecule has 0 aliphatic heterocycles. The maximum atomic E-state index is 12.5. The lowest BCUT2D eigenvalue weighted by atomic mass is 10.1. The summed E-state index contributed by atoms with van der Waals surface area (Å²) in [4.78, 5) is 23.9. The van der Waals surface area contributed by atoms with Gasteiger partial charge in [0, 0.05) is 17.3 Å². The molecular weight excluding hydrogens is 368 g/mol. The van der Waals surface area contributed by atoms with Crippen LogP contribution >= 0.6 is 11.6 Å². The summed E-state index contributed by atoms with van der Waals surface area (Å²) in [6.07, 6.45) is 0. The Kier molecular flexibility index (Phi) is 7.07. The fourth-order valence-electron chi connectivity index (χ4n) is 2.16. The lowest BCUT2D eigenvalue weighted by molar-refractivity contribution is -0.128. The largest absolute Gasteiger partial charge is 0.484 e. The third kappa shape index (κ3) is 6.49. The third-order valence-electron chi connectivity index (χ3n) is 3.59. The van der Waals surface area contributed by atoms with E-state index in [1.54, 1.807) is 62.4 Å². The number of carbonyl (C=O) groups is 2. The smallest absolute Gasteiger partial charge is 0.267 e. The van der Waals surface area contributed by atoms with Gasteiger partial charge < -0.3 is 20.1 Å². The maximum absolute atomic E-state index is 12.5. The van der Waals surface area contributed by atoms with Gasteiger partial charge >= 0.3 is 0 Å². The lowest BCUT2D eigenvalue weighted by Gasteiger charge is -2.25. The molecule has 144 valence electrons. The molecule has 0 aliphatic carbocycles. The van der Waals surface area contributed by atoms with E-state index >= 15 is 0 Å². The number of amides is 2. The molecule has 2 N–H and O–H groups in total. The third-order valence-corrected chi connectivity index (χ3v) is 3.84. The van der Waals surface area contributed by atoms with Crippen molar-refractivity contribution in [2.75, 3.05) is 18.5 Å². The Bertz CT molecular complexity index is 774. The number of likely N-dealkylation sites (N-methyl/N-ethyl adjacent to an activating group) is 1. The molecule has 0 atom stereocenters. The molecule has 27 heavy (non-hydrogen) atoms. The van der Waals surface area contributed by atoms with E-state index in [1.165, 1.54) is 0 Å². The van der Waals surface area contributed by atoms with Crippen LogP contribution in [-0.4, -0.2) is 30.6 Å². The number of rotatable bonds is 8. The quantitative estimate of drug-likeness (QED) is 0.721. The number of ether oxygens (including phenoxy) is 2. The van der Waals surface area contributed by atoms with Crippen molar-refractivity contribution >= 4 is 29.1 Å². The highest BCUT2D eigenvalue weighted by Crippen LogP contribution is 2.23. The van der Waals surface area contributed by atoms with Gasteiger partial charge in [0.05, 0.1) is 0 Å². The molecule has 2 amide bonds. The zero-order chi connectivity index (χ0) is 19.9. The molecule has 0 spiro atoms. The van der Waals surface area contributed by atoms with Crippen LogP contribution in [0.5, 0.6) is 11.5 Å². The van der Waals surface area contributed by atoms with Gasteiger partial charge in [0.2, 0.25) is 0 Å². The molecule has 0 fully saturated rings. The normalized spacial score (nSPS) is 10.8. The van der Waals surface area contributed by atoms with E-state index < -0.39 is 5.60 Å². The molecule has 0 radical (unpaired) electrons. The maximum Gasteiger partial charge on any atom is 0.267 e. The van der Waals surface area contributed by atoms with Crippen molar-refractivity contribution < 1.29 is 19.1 Å². The van der Waals surface area contributed by atoms with E-state index in [0.29, 0.717) is 28.8 Å². The number of hydrogen-bond acceptors (Lipinski definition) is 4. The predicted molar refractivity (Wildman–Crippen MR) is 105 cm³/mol. The summed E-state index contributed by atoms with van der Waals surface area (Å²) >= 11 is 5.85. The number of carbonyl (C=O) groups excluding carboxylic acids is 2. The molecule has 2 rings (SSSR count). The Hall–Kier alpha value is -2.73. The number of anilines is 1. The van der Waals surface area contributed by atoms with Gasteiger partial charge in [-0.15, -0.1) is 0 Å². The van der Waals surface area contributed by atoms with Crippen LogP contribution < -0.4 is 20.1 Å². The monoisotopic (exact) mass is 390 g/mol. The molecule has 0 bridgehead atoms. The summed E-state index contributed by atoms with van der Waals surface area (Å²) in [5, 5.41) is 6.05. The van der Waals surface area contributed by atoms with Crippen LogP contribution in [0.2, 0.25) is 5.02 Å². The van der Waals surface area contributed by atoms with Crippen LogP contribution in [0, 0.1) is 0 Å². The van der Waals surface area contributed by atoms with Crippen LogP contribution in [0.25, 0.3) is 0 Å². The Balaban J connectivity index is 1.92. The minimum absolute atomic E-state index is 0.0541. The molecule has 0 saturated carbocycles. The first-order chi connectivity index (χ1) is 12.8. The first-order valence-corrected chi connectivity index (χ1v) is 8.93. The fourth-order valence-corrected chi connectivity index (χ4v) is 2.28. The van der Waals surface area contributed by atoms with Gasteiger partial charge in [-0.25, -0.2) is 0 Å². The molecule has 7 heteroatoms. The highest BCUT2D eigenvalue weighted by molar-refractivity contribution is 6.30. The Labute approximate surface area is 163 Å². The zero-order valence-corrected chi connectivity index (χ0v) is 16.3. The average Bonchev–Trinajstić information content (AvgIpc) is 2.63. The summed E-state index contributed by atoms with van der Waals surface area (Å²) in [6.45, 7) is 5.71. The molecular formula is C20H23ClN2O4. The van der Waals surface area contributed by atoms with Crippen molar-refractivity contribution in [3.05, 3.63) is 53.6 Å². The minimum atomic E-state index is -1.08. The number of nitrogens with one attached hydrogen (secondary N) is 2.